The van der Waals surface area contributed by atoms with E-state index in [1.54, 1.807) is 0 Å². The van der Waals surface area contributed by atoms with Crippen LogP contribution in [0.2, 0.25) is 0 Å². The van der Waals surface area contributed by atoms with E-state index in [0.717, 1.165) is 0 Å². The van der Waals surface area contributed by atoms with Gasteiger partial charge in [0.05, 0.1) is 17.8 Å². The normalized spacial score (nSPS) is 9.07. The Morgan fingerprint density at radius 2 is 2.43 bits per heavy atom. The lowest BCUT2D eigenvalue weighted by Gasteiger charge is -2.06. The van der Waals surface area contributed by atoms with Gasteiger partial charge in [0.1, 0.15) is 6.07 Å². The van der Waals surface area contributed by atoms with Crippen LogP contribution in [0.3, 0.4) is 0 Å². The lowest BCUT2D eigenvalue weighted by atomic mass is 10.2. The first kappa shape index (κ1) is 9.80. The fourth-order valence-electron chi connectivity index (χ4n) is 0.882. The number of nitriles is 1. The van der Waals surface area contributed by atoms with E-state index in [-0.39, 0.29) is 12.2 Å². The van der Waals surface area contributed by atoms with Crippen LogP contribution >= 0.6 is 0 Å². The number of amides is 1. The predicted octanol–water partition coefficient (Wildman–Crippen LogP) is -0.567. The number of aromatic nitrogens is 1. The minimum Gasteiger partial charge on any atom is -0.395 e. The third-order valence-electron chi connectivity index (χ3n) is 1.54. The average Bonchev–Trinajstić information content (AvgIpc) is 2.16. The van der Waals surface area contributed by atoms with E-state index in [1.807, 2.05) is 6.07 Å². The Morgan fingerprint density at radius 3 is 3.00 bits per heavy atom. The molecule has 5 N–H and O–H groups in total. The van der Waals surface area contributed by atoms with Crippen molar-refractivity contribution in [1.82, 2.24) is 4.98 Å². The third kappa shape index (κ3) is 2.10. The molecule has 14 heavy (non-hydrogen) atoms. The van der Waals surface area contributed by atoms with Gasteiger partial charge >= 0.3 is 0 Å². The minimum atomic E-state index is -0.520. The standard InChI is InChI=1S/C8H9N5O/c9-3-5-1-2-12-8(7(5)11)13-4-6(10)14/h1-2H,4,11H2,(H2,10,14)(H,12,13). The number of carbonyl (C=O) groups excluding carboxylic acids is 1. The number of anilines is 2. The summed E-state index contributed by atoms with van der Waals surface area (Å²) in [4.78, 5) is 14.3. The van der Waals surface area contributed by atoms with Gasteiger partial charge < -0.3 is 16.8 Å². The summed E-state index contributed by atoms with van der Waals surface area (Å²) in [5, 5.41) is 11.3. The van der Waals surface area contributed by atoms with Crippen molar-refractivity contribution < 1.29 is 4.79 Å². The highest BCUT2D eigenvalue weighted by atomic mass is 16.1. The van der Waals surface area contributed by atoms with E-state index in [2.05, 4.69) is 10.3 Å². The van der Waals surface area contributed by atoms with Crippen LogP contribution in [-0.4, -0.2) is 17.4 Å². The van der Waals surface area contributed by atoms with Crippen molar-refractivity contribution in [3.63, 3.8) is 0 Å². The summed E-state index contributed by atoms with van der Waals surface area (Å²) in [6.07, 6.45) is 1.43. The second-order valence-corrected chi connectivity index (χ2v) is 2.55. The number of primary amides is 1. The Morgan fingerprint density at radius 1 is 1.71 bits per heavy atom. The molecule has 72 valence electrons. The van der Waals surface area contributed by atoms with Gasteiger partial charge in [-0.1, -0.05) is 0 Å². The van der Waals surface area contributed by atoms with Crippen LogP contribution in [0, 0.1) is 11.3 Å². The maximum Gasteiger partial charge on any atom is 0.236 e. The topological polar surface area (TPSA) is 118 Å². The van der Waals surface area contributed by atoms with Gasteiger partial charge in [0.15, 0.2) is 5.82 Å². The van der Waals surface area contributed by atoms with Crippen LogP contribution in [0.5, 0.6) is 0 Å². The van der Waals surface area contributed by atoms with Gasteiger partial charge in [-0.25, -0.2) is 4.98 Å². The molecule has 0 spiro atoms. The Labute approximate surface area is 80.5 Å². The molecule has 0 aromatic carbocycles. The van der Waals surface area contributed by atoms with Crippen LogP contribution in [0.25, 0.3) is 0 Å². The first-order chi connectivity index (χ1) is 6.65. The zero-order valence-corrected chi connectivity index (χ0v) is 7.32. The molecular weight excluding hydrogens is 182 g/mol. The van der Waals surface area contributed by atoms with E-state index in [9.17, 15) is 4.79 Å². The van der Waals surface area contributed by atoms with Gasteiger partial charge in [0, 0.05) is 6.20 Å². The van der Waals surface area contributed by atoms with Gasteiger partial charge in [-0.2, -0.15) is 5.26 Å². The van der Waals surface area contributed by atoms with Crippen molar-refractivity contribution in [2.45, 2.75) is 0 Å². The second kappa shape index (κ2) is 4.09. The molecule has 1 amide bonds. The molecule has 0 saturated carbocycles. The summed E-state index contributed by atoms with van der Waals surface area (Å²) < 4.78 is 0. The third-order valence-corrected chi connectivity index (χ3v) is 1.54. The molecule has 0 fully saturated rings. The Bertz CT molecular complexity index is 395. The monoisotopic (exact) mass is 191 g/mol. The summed E-state index contributed by atoms with van der Waals surface area (Å²) >= 11 is 0. The Balaban J connectivity index is 2.88. The lowest BCUT2D eigenvalue weighted by Crippen LogP contribution is -2.22. The summed E-state index contributed by atoms with van der Waals surface area (Å²) in [7, 11) is 0. The molecule has 6 nitrogen and oxygen atoms in total. The van der Waals surface area contributed by atoms with E-state index < -0.39 is 5.91 Å². The fourth-order valence-corrected chi connectivity index (χ4v) is 0.882. The van der Waals surface area contributed by atoms with Gasteiger partial charge in [0.2, 0.25) is 5.91 Å². The zero-order valence-electron chi connectivity index (χ0n) is 7.32. The number of nitrogens with zero attached hydrogens (tertiary/aromatic N) is 2. The molecule has 1 heterocycles. The molecule has 1 rings (SSSR count). The minimum absolute atomic E-state index is 0.0634. The van der Waals surface area contributed by atoms with E-state index in [1.165, 1.54) is 12.3 Å². The van der Waals surface area contributed by atoms with Gasteiger partial charge in [-0.15, -0.1) is 0 Å². The molecule has 1 aromatic heterocycles. The maximum absolute atomic E-state index is 10.5. The maximum atomic E-state index is 10.5. The summed E-state index contributed by atoms with van der Waals surface area (Å²) in [5.41, 5.74) is 11.0. The molecule has 0 saturated heterocycles. The first-order valence-electron chi connectivity index (χ1n) is 3.82. The van der Waals surface area contributed by atoms with Crippen LogP contribution in [0.15, 0.2) is 12.3 Å². The molecule has 0 bridgehead atoms. The van der Waals surface area contributed by atoms with Crippen LogP contribution in [0.1, 0.15) is 5.56 Å². The second-order valence-electron chi connectivity index (χ2n) is 2.55. The van der Waals surface area contributed by atoms with E-state index >= 15 is 0 Å². The summed E-state index contributed by atoms with van der Waals surface area (Å²) in [5.74, 6) is -0.226. The highest BCUT2D eigenvalue weighted by Gasteiger charge is 2.05. The highest BCUT2D eigenvalue weighted by Crippen LogP contribution is 2.18. The van der Waals surface area contributed by atoms with Crippen LogP contribution < -0.4 is 16.8 Å². The Hall–Kier alpha value is -2.29. The molecule has 6 heteroatoms. The summed E-state index contributed by atoms with van der Waals surface area (Å²) in [6.45, 7) is -0.0634. The van der Waals surface area contributed by atoms with Gasteiger partial charge in [-0.05, 0) is 6.07 Å². The number of nitrogens with two attached hydrogens (primary N) is 2. The molecule has 0 unspecified atom stereocenters. The van der Waals surface area contributed by atoms with Crippen molar-refractivity contribution in [2.24, 2.45) is 5.73 Å². The average molecular weight is 191 g/mol. The van der Waals surface area contributed by atoms with Crippen LogP contribution in [0.4, 0.5) is 11.5 Å². The van der Waals surface area contributed by atoms with E-state index in [0.29, 0.717) is 11.4 Å². The lowest BCUT2D eigenvalue weighted by molar-refractivity contribution is -0.116. The largest absolute Gasteiger partial charge is 0.395 e. The molecule has 0 aliphatic carbocycles. The number of carbonyl (C=O) groups is 1. The zero-order chi connectivity index (χ0) is 10.6. The molecule has 1 aromatic rings. The number of rotatable bonds is 3. The molecule has 0 radical (unpaired) electrons. The first-order valence-corrected chi connectivity index (χ1v) is 3.82. The quantitative estimate of drug-likeness (QED) is 0.591. The number of nitrogens with one attached hydrogen (secondary N) is 1. The fraction of sp³-hybridized carbons (Fsp3) is 0.125. The molecule has 0 aliphatic heterocycles. The smallest absolute Gasteiger partial charge is 0.236 e. The number of pyridine rings is 1. The van der Waals surface area contributed by atoms with Gasteiger partial charge in [0.25, 0.3) is 0 Å². The molecule has 0 atom stereocenters. The molecular formula is C8H9N5O. The van der Waals surface area contributed by atoms with E-state index in [4.69, 9.17) is 16.7 Å². The van der Waals surface area contributed by atoms with Crippen molar-refractivity contribution in [1.29, 1.82) is 5.26 Å². The van der Waals surface area contributed by atoms with Crippen LogP contribution in [-0.2, 0) is 4.79 Å². The summed E-state index contributed by atoms with van der Waals surface area (Å²) in [6, 6.07) is 3.39. The van der Waals surface area contributed by atoms with Crippen molar-refractivity contribution in [3.8, 4) is 6.07 Å². The number of hydrogen-bond donors (Lipinski definition) is 3. The predicted molar refractivity (Wildman–Crippen MR) is 51.0 cm³/mol. The van der Waals surface area contributed by atoms with Gasteiger partial charge in [-0.3, -0.25) is 4.79 Å². The van der Waals surface area contributed by atoms with Crippen molar-refractivity contribution in [3.05, 3.63) is 17.8 Å². The molecule has 0 aliphatic rings. The highest BCUT2D eigenvalue weighted by molar-refractivity contribution is 5.80. The SMILES string of the molecule is N#Cc1ccnc(NCC(N)=O)c1N. The van der Waals surface area contributed by atoms with Crippen molar-refractivity contribution in [2.75, 3.05) is 17.6 Å². The Kier molecular flexibility index (Phi) is 2.86. The van der Waals surface area contributed by atoms with Crippen molar-refractivity contribution >= 4 is 17.4 Å². The number of nitrogen functional groups attached to an aromatic ring is 1. The number of hydrogen-bond acceptors (Lipinski definition) is 5.